The third-order valence-electron chi connectivity index (χ3n) is 3.37. The van der Waals surface area contributed by atoms with Gasteiger partial charge in [-0.1, -0.05) is 35.7 Å². The van der Waals surface area contributed by atoms with Crippen LogP contribution in [0.5, 0.6) is 0 Å². The number of unbranched alkanes of at least 4 members (excludes halogenated alkanes) is 2. The van der Waals surface area contributed by atoms with Crippen LogP contribution >= 0.6 is 15.9 Å². The predicted octanol–water partition coefficient (Wildman–Crippen LogP) is 4.85. The molecule has 0 spiro atoms. The molecule has 124 valence electrons. The lowest BCUT2D eigenvalue weighted by Crippen LogP contribution is -2.12. The number of hydrogen-bond acceptors (Lipinski definition) is 3. The number of sulfonamides is 1. The molecule has 0 aliphatic rings. The first-order valence-electron chi connectivity index (χ1n) is 7.63. The molecule has 0 saturated heterocycles. The lowest BCUT2D eigenvalue weighted by molar-refractivity contribution is 0.601. The predicted molar refractivity (Wildman–Crippen MR) is 99.4 cm³/mol. The van der Waals surface area contributed by atoms with Crippen molar-refractivity contribution >= 4 is 37.3 Å². The highest BCUT2D eigenvalue weighted by Crippen LogP contribution is 2.20. The van der Waals surface area contributed by atoms with Crippen molar-refractivity contribution in [2.45, 2.75) is 31.1 Å². The van der Waals surface area contributed by atoms with E-state index >= 15 is 0 Å². The Labute approximate surface area is 146 Å². The molecule has 0 amide bonds. The zero-order valence-corrected chi connectivity index (χ0v) is 15.5. The van der Waals surface area contributed by atoms with Gasteiger partial charge in [-0.3, -0.25) is 4.72 Å². The van der Waals surface area contributed by atoms with Gasteiger partial charge in [-0.25, -0.2) is 8.42 Å². The normalized spacial score (nSPS) is 11.2. The maximum atomic E-state index is 12.3. The largest absolute Gasteiger partial charge is 0.385 e. The van der Waals surface area contributed by atoms with Crippen molar-refractivity contribution in [2.75, 3.05) is 16.6 Å². The van der Waals surface area contributed by atoms with E-state index in [0.717, 1.165) is 23.1 Å². The summed E-state index contributed by atoms with van der Waals surface area (Å²) in [6, 6.07) is 13.8. The Morgan fingerprint density at radius 1 is 0.913 bits per heavy atom. The van der Waals surface area contributed by atoms with Crippen LogP contribution in [0.25, 0.3) is 0 Å². The number of anilines is 2. The third kappa shape index (κ3) is 5.55. The Morgan fingerprint density at radius 2 is 1.52 bits per heavy atom. The molecule has 2 aromatic carbocycles. The summed E-state index contributed by atoms with van der Waals surface area (Å²) in [5.41, 5.74) is 1.54. The second-order valence-electron chi connectivity index (χ2n) is 5.27. The average molecular weight is 397 g/mol. The van der Waals surface area contributed by atoms with Crippen molar-refractivity contribution < 1.29 is 8.42 Å². The molecule has 0 bridgehead atoms. The number of halogens is 1. The van der Waals surface area contributed by atoms with Crippen LogP contribution in [-0.4, -0.2) is 15.0 Å². The fraction of sp³-hybridized carbons (Fsp3) is 0.294. The molecule has 2 N–H and O–H groups in total. The van der Waals surface area contributed by atoms with Gasteiger partial charge in [0.2, 0.25) is 0 Å². The minimum absolute atomic E-state index is 0.238. The van der Waals surface area contributed by atoms with Crippen molar-refractivity contribution in [1.82, 2.24) is 0 Å². The van der Waals surface area contributed by atoms with Crippen LogP contribution in [0.4, 0.5) is 11.4 Å². The Morgan fingerprint density at radius 3 is 2.13 bits per heavy atom. The standard InChI is InChI=1S/C17H21BrN2O2S/c1-2-3-4-13-19-15-7-9-16(10-8-15)20-23(21,22)17-11-5-14(18)6-12-17/h5-12,19-20H,2-4,13H2,1H3. The number of benzene rings is 2. The van der Waals surface area contributed by atoms with Gasteiger partial charge >= 0.3 is 0 Å². The smallest absolute Gasteiger partial charge is 0.261 e. The molecule has 0 aliphatic heterocycles. The summed E-state index contributed by atoms with van der Waals surface area (Å²) in [6.45, 7) is 3.10. The summed E-state index contributed by atoms with van der Waals surface area (Å²) < 4.78 is 28.0. The van der Waals surface area contributed by atoms with Gasteiger partial charge in [0.1, 0.15) is 0 Å². The van der Waals surface area contributed by atoms with E-state index in [2.05, 4.69) is 32.9 Å². The van der Waals surface area contributed by atoms with E-state index in [-0.39, 0.29) is 4.90 Å². The molecule has 0 heterocycles. The van der Waals surface area contributed by atoms with Crippen molar-refractivity contribution in [1.29, 1.82) is 0 Å². The van der Waals surface area contributed by atoms with E-state index in [1.54, 1.807) is 36.4 Å². The monoisotopic (exact) mass is 396 g/mol. The molecule has 0 saturated carbocycles. The number of rotatable bonds is 8. The molecule has 2 rings (SSSR count). The van der Waals surface area contributed by atoms with E-state index in [1.807, 2.05) is 12.1 Å². The van der Waals surface area contributed by atoms with Crippen LogP contribution in [0.1, 0.15) is 26.2 Å². The third-order valence-corrected chi connectivity index (χ3v) is 5.30. The zero-order chi connectivity index (χ0) is 16.7. The van der Waals surface area contributed by atoms with Crippen LogP contribution in [0, 0.1) is 0 Å². The first-order chi connectivity index (χ1) is 11.0. The molecular weight excluding hydrogens is 376 g/mol. The summed E-state index contributed by atoms with van der Waals surface area (Å²) in [5.74, 6) is 0. The number of nitrogens with one attached hydrogen (secondary N) is 2. The van der Waals surface area contributed by atoms with Gasteiger partial charge < -0.3 is 5.32 Å². The van der Waals surface area contributed by atoms with Crippen molar-refractivity contribution in [3.8, 4) is 0 Å². The van der Waals surface area contributed by atoms with Crippen LogP contribution in [0.2, 0.25) is 0 Å². The lowest BCUT2D eigenvalue weighted by Gasteiger charge is -2.10. The van der Waals surface area contributed by atoms with Crippen LogP contribution < -0.4 is 10.0 Å². The highest BCUT2D eigenvalue weighted by Gasteiger charge is 2.13. The molecule has 23 heavy (non-hydrogen) atoms. The van der Waals surface area contributed by atoms with Gasteiger partial charge in [0, 0.05) is 22.4 Å². The first kappa shape index (κ1) is 17.8. The zero-order valence-electron chi connectivity index (χ0n) is 13.0. The van der Waals surface area contributed by atoms with Gasteiger partial charge in [-0.15, -0.1) is 0 Å². The highest BCUT2D eigenvalue weighted by atomic mass is 79.9. The minimum atomic E-state index is -3.56. The van der Waals surface area contributed by atoms with E-state index in [4.69, 9.17) is 0 Å². The summed E-state index contributed by atoms with van der Waals surface area (Å²) in [5, 5.41) is 3.32. The quantitative estimate of drug-likeness (QED) is 0.626. The topological polar surface area (TPSA) is 58.2 Å². The SMILES string of the molecule is CCCCCNc1ccc(NS(=O)(=O)c2ccc(Br)cc2)cc1. The maximum Gasteiger partial charge on any atom is 0.261 e. The molecule has 0 aliphatic carbocycles. The van der Waals surface area contributed by atoms with Gasteiger partial charge in [-0.2, -0.15) is 0 Å². The average Bonchev–Trinajstić information content (AvgIpc) is 2.53. The molecular formula is C17H21BrN2O2S. The van der Waals surface area contributed by atoms with Crippen LogP contribution in [-0.2, 0) is 10.0 Å². The van der Waals surface area contributed by atoms with Crippen LogP contribution in [0.15, 0.2) is 57.9 Å². The van der Waals surface area contributed by atoms with E-state index in [0.29, 0.717) is 5.69 Å². The van der Waals surface area contributed by atoms with Crippen molar-refractivity contribution in [3.63, 3.8) is 0 Å². The van der Waals surface area contributed by atoms with Gasteiger partial charge in [0.15, 0.2) is 0 Å². The molecule has 4 nitrogen and oxygen atoms in total. The summed E-state index contributed by atoms with van der Waals surface area (Å²) in [4.78, 5) is 0.238. The summed E-state index contributed by atoms with van der Waals surface area (Å²) in [6.07, 6.45) is 3.53. The summed E-state index contributed by atoms with van der Waals surface area (Å²) >= 11 is 3.30. The number of hydrogen-bond donors (Lipinski definition) is 2. The Kier molecular flexibility index (Phi) is 6.47. The fourth-order valence-corrected chi connectivity index (χ4v) is 3.41. The maximum absolute atomic E-state index is 12.3. The van der Waals surface area contributed by atoms with Crippen LogP contribution in [0.3, 0.4) is 0 Å². The molecule has 0 fully saturated rings. The Balaban J connectivity index is 1.98. The van der Waals surface area contributed by atoms with Crippen molar-refractivity contribution in [3.05, 3.63) is 53.0 Å². The Bertz CT molecular complexity index is 713. The molecule has 0 aromatic heterocycles. The van der Waals surface area contributed by atoms with Gasteiger partial charge in [0.25, 0.3) is 10.0 Å². The molecule has 0 atom stereocenters. The second kappa shape index (κ2) is 8.36. The minimum Gasteiger partial charge on any atom is -0.385 e. The fourth-order valence-electron chi connectivity index (χ4n) is 2.09. The van der Waals surface area contributed by atoms with E-state index in [1.165, 1.54) is 12.8 Å². The van der Waals surface area contributed by atoms with E-state index in [9.17, 15) is 8.42 Å². The molecule has 0 unspecified atom stereocenters. The second-order valence-corrected chi connectivity index (χ2v) is 7.87. The summed E-state index contributed by atoms with van der Waals surface area (Å²) in [7, 11) is -3.56. The molecule has 2 aromatic rings. The molecule has 6 heteroatoms. The van der Waals surface area contributed by atoms with Gasteiger partial charge in [0.05, 0.1) is 4.90 Å². The Hall–Kier alpha value is -1.53. The van der Waals surface area contributed by atoms with Gasteiger partial charge in [-0.05, 0) is 55.0 Å². The highest BCUT2D eigenvalue weighted by molar-refractivity contribution is 9.10. The lowest BCUT2D eigenvalue weighted by atomic mass is 10.2. The van der Waals surface area contributed by atoms with Crippen molar-refractivity contribution in [2.24, 2.45) is 0 Å². The van der Waals surface area contributed by atoms with E-state index < -0.39 is 10.0 Å². The first-order valence-corrected chi connectivity index (χ1v) is 9.91. The molecule has 0 radical (unpaired) electrons.